The quantitative estimate of drug-likeness (QED) is 0.812. The fourth-order valence-electron chi connectivity index (χ4n) is 4.13. The van der Waals surface area contributed by atoms with Gasteiger partial charge in [-0.15, -0.1) is 0 Å². The highest BCUT2D eigenvalue weighted by molar-refractivity contribution is 5.94. The maximum absolute atomic E-state index is 12.7. The average Bonchev–Trinajstić information content (AvgIpc) is 3.24. The molecule has 4 rings (SSSR count). The van der Waals surface area contributed by atoms with Gasteiger partial charge < -0.3 is 9.80 Å². The summed E-state index contributed by atoms with van der Waals surface area (Å²) in [5, 5.41) is 0. The van der Waals surface area contributed by atoms with Gasteiger partial charge in [-0.1, -0.05) is 24.3 Å². The van der Waals surface area contributed by atoms with E-state index in [-0.39, 0.29) is 5.91 Å². The molecule has 3 heteroatoms. The zero-order chi connectivity index (χ0) is 17.8. The number of carbonyl (C=O) groups excluding carboxylic acids is 1. The molecule has 0 saturated carbocycles. The molecule has 3 nitrogen and oxygen atoms in total. The Morgan fingerprint density at radius 1 is 0.769 bits per heavy atom. The lowest BCUT2D eigenvalue weighted by atomic mass is 10.0. The third kappa shape index (κ3) is 3.92. The fourth-order valence-corrected chi connectivity index (χ4v) is 4.13. The van der Waals surface area contributed by atoms with Crippen molar-refractivity contribution in [3.8, 4) is 0 Å². The average molecular weight is 348 g/mol. The lowest BCUT2D eigenvalue weighted by Crippen LogP contribution is -2.35. The standard InChI is InChI=1S/C23H28N2O/c26-23(25-15-2-1-3-16-25)21-8-6-7-20(18-21)17-19-9-11-22(12-10-19)24-13-4-5-14-24/h6-12,18H,1-5,13-17H2. The van der Waals surface area contributed by atoms with Crippen LogP contribution in [0.4, 0.5) is 5.69 Å². The number of piperidine rings is 1. The van der Waals surface area contributed by atoms with E-state index in [1.165, 1.54) is 49.2 Å². The van der Waals surface area contributed by atoms with Crippen LogP contribution in [0, 0.1) is 0 Å². The van der Waals surface area contributed by atoms with Gasteiger partial charge in [0.25, 0.3) is 5.91 Å². The highest BCUT2D eigenvalue weighted by Gasteiger charge is 2.18. The number of rotatable bonds is 4. The van der Waals surface area contributed by atoms with Gasteiger partial charge in [-0.25, -0.2) is 0 Å². The van der Waals surface area contributed by atoms with Crippen molar-refractivity contribution < 1.29 is 4.79 Å². The van der Waals surface area contributed by atoms with Crippen LogP contribution >= 0.6 is 0 Å². The first-order valence-corrected chi connectivity index (χ1v) is 10.0. The summed E-state index contributed by atoms with van der Waals surface area (Å²) in [5.41, 5.74) is 4.68. The van der Waals surface area contributed by atoms with E-state index in [2.05, 4.69) is 41.3 Å². The topological polar surface area (TPSA) is 23.6 Å². The lowest BCUT2D eigenvalue weighted by molar-refractivity contribution is 0.0724. The van der Waals surface area contributed by atoms with Crippen molar-refractivity contribution in [2.75, 3.05) is 31.1 Å². The van der Waals surface area contributed by atoms with Crippen LogP contribution in [0.25, 0.3) is 0 Å². The summed E-state index contributed by atoms with van der Waals surface area (Å²) >= 11 is 0. The van der Waals surface area contributed by atoms with E-state index in [4.69, 9.17) is 0 Å². The largest absolute Gasteiger partial charge is 0.372 e. The molecular formula is C23H28N2O. The predicted molar refractivity (Wildman–Crippen MR) is 107 cm³/mol. The number of nitrogens with zero attached hydrogens (tertiary/aromatic N) is 2. The summed E-state index contributed by atoms with van der Waals surface area (Å²) in [7, 11) is 0. The molecule has 2 fully saturated rings. The summed E-state index contributed by atoms with van der Waals surface area (Å²) in [4.78, 5) is 17.2. The van der Waals surface area contributed by atoms with Crippen molar-refractivity contribution in [1.29, 1.82) is 0 Å². The Labute approximate surface area is 156 Å². The molecule has 2 aromatic carbocycles. The Bertz CT molecular complexity index is 741. The van der Waals surface area contributed by atoms with Gasteiger partial charge in [-0.05, 0) is 73.9 Å². The van der Waals surface area contributed by atoms with Crippen LogP contribution in [-0.2, 0) is 6.42 Å². The minimum atomic E-state index is 0.191. The van der Waals surface area contributed by atoms with Crippen molar-refractivity contribution in [3.05, 3.63) is 65.2 Å². The maximum atomic E-state index is 12.7. The number of amides is 1. The van der Waals surface area contributed by atoms with Gasteiger partial charge in [0, 0.05) is 37.4 Å². The van der Waals surface area contributed by atoms with E-state index in [1.807, 2.05) is 17.0 Å². The Balaban J connectivity index is 1.44. The summed E-state index contributed by atoms with van der Waals surface area (Å²) in [6.07, 6.45) is 7.00. The van der Waals surface area contributed by atoms with Crippen molar-refractivity contribution in [2.24, 2.45) is 0 Å². The van der Waals surface area contributed by atoms with Crippen molar-refractivity contribution in [1.82, 2.24) is 4.90 Å². The highest BCUT2D eigenvalue weighted by atomic mass is 16.2. The molecular weight excluding hydrogens is 320 g/mol. The van der Waals surface area contributed by atoms with E-state index in [0.29, 0.717) is 0 Å². The maximum Gasteiger partial charge on any atom is 0.253 e. The van der Waals surface area contributed by atoms with Gasteiger partial charge in [0.1, 0.15) is 0 Å². The minimum absolute atomic E-state index is 0.191. The first kappa shape index (κ1) is 17.1. The third-order valence-electron chi connectivity index (χ3n) is 5.63. The second kappa shape index (κ2) is 7.94. The number of likely N-dealkylation sites (tertiary alicyclic amines) is 1. The molecule has 0 unspecified atom stereocenters. The molecule has 2 aromatic rings. The molecule has 0 radical (unpaired) electrons. The van der Waals surface area contributed by atoms with Crippen LogP contribution in [0.1, 0.15) is 53.6 Å². The van der Waals surface area contributed by atoms with Crippen molar-refractivity contribution >= 4 is 11.6 Å². The van der Waals surface area contributed by atoms with Gasteiger partial charge in [0.15, 0.2) is 0 Å². The second-order valence-corrected chi connectivity index (χ2v) is 7.59. The van der Waals surface area contributed by atoms with Crippen LogP contribution in [0.15, 0.2) is 48.5 Å². The number of carbonyl (C=O) groups is 1. The van der Waals surface area contributed by atoms with Gasteiger partial charge in [-0.2, -0.15) is 0 Å². The SMILES string of the molecule is O=C(c1cccc(Cc2ccc(N3CCCC3)cc2)c1)N1CCCCC1. The van der Waals surface area contributed by atoms with Crippen LogP contribution in [0.2, 0.25) is 0 Å². The van der Waals surface area contributed by atoms with Crippen LogP contribution in [-0.4, -0.2) is 37.0 Å². The summed E-state index contributed by atoms with van der Waals surface area (Å²) < 4.78 is 0. The predicted octanol–water partition coefficient (Wildman–Crippen LogP) is 4.50. The summed E-state index contributed by atoms with van der Waals surface area (Å²) in [6, 6.07) is 17.1. The van der Waals surface area contributed by atoms with Crippen LogP contribution in [0.5, 0.6) is 0 Å². The lowest BCUT2D eigenvalue weighted by Gasteiger charge is -2.26. The normalized spacial score (nSPS) is 17.5. The zero-order valence-electron chi connectivity index (χ0n) is 15.5. The van der Waals surface area contributed by atoms with Gasteiger partial charge in [0.2, 0.25) is 0 Å². The molecule has 1 amide bonds. The van der Waals surface area contributed by atoms with Gasteiger partial charge >= 0.3 is 0 Å². The second-order valence-electron chi connectivity index (χ2n) is 7.59. The molecule has 2 heterocycles. The van der Waals surface area contributed by atoms with Gasteiger partial charge in [0.05, 0.1) is 0 Å². The van der Waals surface area contributed by atoms with Crippen molar-refractivity contribution in [3.63, 3.8) is 0 Å². The Morgan fingerprint density at radius 2 is 1.46 bits per heavy atom. The van der Waals surface area contributed by atoms with E-state index < -0.39 is 0 Å². The third-order valence-corrected chi connectivity index (χ3v) is 5.63. The molecule has 2 saturated heterocycles. The Hall–Kier alpha value is -2.29. The number of hydrogen-bond acceptors (Lipinski definition) is 2. The molecule has 0 aromatic heterocycles. The molecule has 0 atom stereocenters. The molecule has 2 aliphatic heterocycles. The Kier molecular flexibility index (Phi) is 5.24. The van der Waals surface area contributed by atoms with E-state index in [9.17, 15) is 4.79 Å². The summed E-state index contributed by atoms with van der Waals surface area (Å²) in [6.45, 7) is 4.17. The highest BCUT2D eigenvalue weighted by Crippen LogP contribution is 2.22. The van der Waals surface area contributed by atoms with Crippen LogP contribution in [0.3, 0.4) is 0 Å². The summed E-state index contributed by atoms with van der Waals surface area (Å²) in [5.74, 6) is 0.191. The molecule has 0 aliphatic carbocycles. The number of anilines is 1. The minimum Gasteiger partial charge on any atom is -0.372 e. The fraction of sp³-hybridized carbons (Fsp3) is 0.435. The molecule has 0 spiro atoms. The van der Waals surface area contributed by atoms with E-state index in [1.54, 1.807) is 0 Å². The number of benzene rings is 2. The molecule has 0 bridgehead atoms. The smallest absolute Gasteiger partial charge is 0.253 e. The van der Waals surface area contributed by atoms with Crippen molar-refractivity contribution in [2.45, 2.75) is 38.5 Å². The first-order valence-electron chi connectivity index (χ1n) is 10.0. The van der Waals surface area contributed by atoms with Crippen LogP contribution < -0.4 is 4.90 Å². The molecule has 136 valence electrons. The number of hydrogen-bond donors (Lipinski definition) is 0. The molecule has 26 heavy (non-hydrogen) atoms. The van der Waals surface area contributed by atoms with E-state index in [0.717, 1.165) is 37.9 Å². The molecule has 0 N–H and O–H groups in total. The zero-order valence-corrected chi connectivity index (χ0v) is 15.5. The molecule has 2 aliphatic rings. The van der Waals surface area contributed by atoms with E-state index >= 15 is 0 Å². The Morgan fingerprint density at radius 3 is 2.19 bits per heavy atom. The monoisotopic (exact) mass is 348 g/mol. The van der Waals surface area contributed by atoms with Gasteiger partial charge in [-0.3, -0.25) is 4.79 Å². The first-order chi connectivity index (χ1) is 12.8.